The molecule has 1 heterocycles. The minimum Gasteiger partial charge on any atom is -0.494 e. The third-order valence-electron chi connectivity index (χ3n) is 4.47. The summed E-state index contributed by atoms with van der Waals surface area (Å²) in [5.74, 6) is 0.447. The van der Waals surface area contributed by atoms with Crippen molar-refractivity contribution in [1.82, 2.24) is 0 Å². The number of ether oxygens (including phenoxy) is 1. The zero-order valence-corrected chi connectivity index (χ0v) is 14.6. The molecule has 1 N–H and O–H groups in total. The third kappa shape index (κ3) is 3.72. The highest BCUT2D eigenvalue weighted by molar-refractivity contribution is 6.21. The average molecular weight is 339 g/mol. The fourth-order valence-electron chi connectivity index (χ4n) is 3.19. The molecule has 2 aromatic carbocycles. The molecule has 25 heavy (non-hydrogen) atoms. The minimum absolute atomic E-state index is 0.136. The highest BCUT2D eigenvalue weighted by Gasteiger charge is 2.44. The van der Waals surface area contributed by atoms with E-state index in [-0.39, 0.29) is 24.3 Å². The molecule has 0 aromatic heterocycles. The Morgan fingerprint density at radius 3 is 2.40 bits per heavy atom. The molecule has 5 heteroatoms. The van der Waals surface area contributed by atoms with Gasteiger partial charge in [0.1, 0.15) is 12.3 Å². The van der Waals surface area contributed by atoms with E-state index in [9.17, 15) is 9.59 Å². The van der Waals surface area contributed by atoms with E-state index >= 15 is 0 Å². The number of amides is 2. The van der Waals surface area contributed by atoms with E-state index in [0.29, 0.717) is 18.8 Å². The lowest BCUT2D eigenvalue weighted by molar-refractivity contribution is -0.908. The number of carbonyl (C=O) groups excluding carboxylic acids is 2. The number of rotatable bonds is 6. The summed E-state index contributed by atoms with van der Waals surface area (Å²) in [5, 5.41) is 0. The fourth-order valence-corrected chi connectivity index (χ4v) is 3.19. The maximum atomic E-state index is 12.8. The summed E-state index contributed by atoms with van der Waals surface area (Å²) < 4.78 is 5.41. The van der Waals surface area contributed by atoms with Crippen LogP contribution in [0.4, 0.5) is 5.69 Å². The Morgan fingerprint density at radius 1 is 1.08 bits per heavy atom. The van der Waals surface area contributed by atoms with Crippen LogP contribution in [0, 0.1) is 0 Å². The Kier molecular flexibility index (Phi) is 5.14. The average Bonchev–Trinajstić information content (AvgIpc) is 2.92. The standard InChI is InChI=1S/C20H22N2O3/c1-3-25-17-11-9-16(10-12-17)22-19(23)13-18(20(22)24)21(2)14-15-7-5-4-6-8-15/h4-12,18H,3,13-14H2,1-2H3/p+1/t18-/m1/s1. The number of quaternary nitrogens is 1. The summed E-state index contributed by atoms with van der Waals surface area (Å²) in [4.78, 5) is 27.6. The van der Waals surface area contributed by atoms with Crippen LogP contribution in [0.1, 0.15) is 18.9 Å². The predicted molar refractivity (Wildman–Crippen MR) is 95.5 cm³/mol. The van der Waals surface area contributed by atoms with Gasteiger partial charge in [0.2, 0.25) is 5.91 Å². The van der Waals surface area contributed by atoms with Gasteiger partial charge in [-0.1, -0.05) is 30.3 Å². The van der Waals surface area contributed by atoms with Crippen LogP contribution in [0.25, 0.3) is 0 Å². The molecule has 130 valence electrons. The van der Waals surface area contributed by atoms with Crippen LogP contribution in [0.3, 0.4) is 0 Å². The topological polar surface area (TPSA) is 51.0 Å². The summed E-state index contributed by atoms with van der Waals surface area (Å²) in [6.07, 6.45) is 0.241. The Morgan fingerprint density at radius 2 is 1.76 bits per heavy atom. The van der Waals surface area contributed by atoms with E-state index in [0.717, 1.165) is 16.2 Å². The molecule has 0 saturated carbocycles. The lowest BCUT2D eigenvalue weighted by Crippen LogP contribution is -3.12. The van der Waals surface area contributed by atoms with E-state index in [1.807, 2.05) is 44.3 Å². The van der Waals surface area contributed by atoms with Gasteiger partial charge in [-0.15, -0.1) is 0 Å². The highest BCUT2D eigenvalue weighted by atomic mass is 16.5. The van der Waals surface area contributed by atoms with Crippen LogP contribution in [-0.2, 0) is 16.1 Å². The normalized spacial score (nSPS) is 18.5. The van der Waals surface area contributed by atoms with Gasteiger partial charge in [0.15, 0.2) is 6.04 Å². The first kappa shape index (κ1) is 17.2. The van der Waals surface area contributed by atoms with E-state index in [4.69, 9.17) is 4.74 Å². The number of anilines is 1. The van der Waals surface area contributed by atoms with Crippen molar-refractivity contribution >= 4 is 17.5 Å². The lowest BCUT2D eigenvalue weighted by Gasteiger charge is -2.20. The van der Waals surface area contributed by atoms with Gasteiger partial charge in [0.05, 0.1) is 25.8 Å². The zero-order chi connectivity index (χ0) is 17.8. The van der Waals surface area contributed by atoms with Gasteiger partial charge < -0.3 is 9.64 Å². The molecule has 1 unspecified atom stereocenters. The van der Waals surface area contributed by atoms with Crippen molar-refractivity contribution < 1.29 is 19.2 Å². The Labute approximate surface area is 147 Å². The molecule has 1 aliphatic heterocycles. The van der Waals surface area contributed by atoms with Crippen LogP contribution in [0.5, 0.6) is 5.75 Å². The monoisotopic (exact) mass is 339 g/mol. The molecule has 2 atom stereocenters. The number of carbonyl (C=O) groups is 2. The molecule has 0 spiro atoms. The summed E-state index contributed by atoms with van der Waals surface area (Å²) in [5.41, 5.74) is 1.76. The third-order valence-corrected chi connectivity index (χ3v) is 4.47. The molecule has 1 fully saturated rings. The van der Waals surface area contributed by atoms with Crippen LogP contribution < -0.4 is 14.5 Å². The summed E-state index contributed by atoms with van der Waals surface area (Å²) >= 11 is 0. The van der Waals surface area contributed by atoms with Crippen LogP contribution in [0.15, 0.2) is 54.6 Å². The van der Waals surface area contributed by atoms with Crippen molar-refractivity contribution in [1.29, 1.82) is 0 Å². The van der Waals surface area contributed by atoms with Crippen LogP contribution in [0.2, 0.25) is 0 Å². The first-order valence-electron chi connectivity index (χ1n) is 8.56. The van der Waals surface area contributed by atoms with Crippen LogP contribution >= 0.6 is 0 Å². The maximum Gasteiger partial charge on any atom is 0.292 e. The maximum absolute atomic E-state index is 12.8. The van der Waals surface area contributed by atoms with E-state index in [2.05, 4.69) is 0 Å². The second kappa shape index (κ2) is 7.49. The highest BCUT2D eigenvalue weighted by Crippen LogP contribution is 2.24. The van der Waals surface area contributed by atoms with Gasteiger partial charge in [-0.05, 0) is 31.2 Å². The Balaban J connectivity index is 1.73. The molecule has 0 radical (unpaired) electrons. The van der Waals surface area contributed by atoms with Crippen molar-refractivity contribution in [2.45, 2.75) is 25.9 Å². The molecule has 3 rings (SSSR count). The van der Waals surface area contributed by atoms with E-state index < -0.39 is 0 Å². The fraction of sp³-hybridized carbons (Fsp3) is 0.300. The SMILES string of the molecule is CCOc1ccc(N2C(=O)C[C@@H]([NH+](C)Cc3ccccc3)C2=O)cc1. The molecule has 2 aromatic rings. The van der Waals surface area contributed by atoms with E-state index in [1.54, 1.807) is 24.3 Å². The number of hydrogen-bond acceptors (Lipinski definition) is 3. The molecular weight excluding hydrogens is 316 g/mol. The van der Waals surface area contributed by atoms with Crippen molar-refractivity contribution in [3.63, 3.8) is 0 Å². The minimum atomic E-state index is -0.348. The summed E-state index contributed by atoms with van der Waals surface area (Å²) in [6.45, 7) is 3.20. The number of likely N-dealkylation sites (N-methyl/N-ethyl adjacent to an activating group) is 1. The molecule has 1 aliphatic rings. The Bertz CT molecular complexity index is 743. The summed E-state index contributed by atoms with van der Waals surface area (Å²) in [7, 11) is 1.96. The first-order valence-corrected chi connectivity index (χ1v) is 8.56. The van der Waals surface area contributed by atoms with Gasteiger partial charge in [-0.25, -0.2) is 4.90 Å². The van der Waals surface area contributed by atoms with Crippen molar-refractivity contribution in [3.8, 4) is 5.75 Å². The number of imide groups is 1. The predicted octanol–water partition coefficient (Wildman–Crippen LogP) is 1.43. The van der Waals surface area contributed by atoms with Gasteiger partial charge in [-0.2, -0.15) is 0 Å². The first-order chi connectivity index (χ1) is 12.1. The number of hydrogen-bond donors (Lipinski definition) is 1. The second-order valence-electron chi connectivity index (χ2n) is 6.26. The quantitative estimate of drug-likeness (QED) is 0.810. The number of benzene rings is 2. The van der Waals surface area contributed by atoms with E-state index in [1.165, 1.54) is 4.90 Å². The molecule has 1 saturated heterocycles. The molecule has 5 nitrogen and oxygen atoms in total. The van der Waals surface area contributed by atoms with Gasteiger partial charge in [0.25, 0.3) is 5.91 Å². The second-order valence-corrected chi connectivity index (χ2v) is 6.26. The van der Waals surface area contributed by atoms with Crippen LogP contribution in [-0.4, -0.2) is 31.5 Å². The molecule has 2 amide bonds. The van der Waals surface area contributed by atoms with Crippen molar-refractivity contribution in [2.75, 3.05) is 18.6 Å². The van der Waals surface area contributed by atoms with Crippen molar-refractivity contribution in [3.05, 3.63) is 60.2 Å². The summed E-state index contributed by atoms with van der Waals surface area (Å²) in [6, 6.07) is 16.7. The van der Waals surface area contributed by atoms with Gasteiger partial charge >= 0.3 is 0 Å². The molecule has 0 bridgehead atoms. The Hall–Kier alpha value is -2.66. The largest absolute Gasteiger partial charge is 0.494 e. The number of nitrogens with zero attached hydrogens (tertiary/aromatic N) is 1. The lowest BCUT2D eigenvalue weighted by atomic mass is 10.1. The van der Waals surface area contributed by atoms with Crippen molar-refractivity contribution in [2.24, 2.45) is 0 Å². The zero-order valence-electron chi connectivity index (χ0n) is 14.6. The number of nitrogens with one attached hydrogen (secondary N) is 1. The molecule has 0 aliphatic carbocycles. The molecular formula is C20H23N2O3+. The van der Waals surface area contributed by atoms with Gasteiger partial charge in [0, 0.05) is 5.56 Å². The van der Waals surface area contributed by atoms with Gasteiger partial charge in [-0.3, -0.25) is 9.59 Å². The smallest absolute Gasteiger partial charge is 0.292 e.